The Morgan fingerprint density at radius 3 is 2.73 bits per heavy atom. The minimum absolute atomic E-state index is 0.247. The molecule has 140 valence electrons. The highest BCUT2D eigenvalue weighted by atomic mass is 16.2. The highest BCUT2D eigenvalue weighted by Crippen LogP contribution is 2.25. The van der Waals surface area contributed by atoms with E-state index < -0.39 is 0 Å². The smallest absolute Gasteiger partial charge is 0.227 e. The van der Waals surface area contributed by atoms with Gasteiger partial charge >= 0.3 is 0 Å². The second-order valence-corrected chi connectivity index (χ2v) is 8.14. The minimum Gasteiger partial charge on any atom is -0.342 e. The summed E-state index contributed by atoms with van der Waals surface area (Å²) in [4.78, 5) is 23.8. The number of aromatic nitrogens is 4. The fraction of sp³-hybridized carbons (Fsp3) is 0.600. The number of hydrogen-bond donors (Lipinski definition) is 0. The van der Waals surface area contributed by atoms with E-state index in [0.29, 0.717) is 5.92 Å². The van der Waals surface area contributed by atoms with Gasteiger partial charge in [-0.25, -0.2) is 0 Å². The molecule has 3 heterocycles. The number of nitrogens with zero attached hydrogens (tertiary/aromatic N) is 5. The van der Waals surface area contributed by atoms with Crippen LogP contribution in [0.25, 0.3) is 11.4 Å². The van der Waals surface area contributed by atoms with Crippen molar-refractivity contribution in [2.45, 2.75) is 53.5 Å². The number of piperidine rings is 1. The van der Waals surface area contributed by atoms with Crippen LogP contribution in [0.1, 0.15) is 46.2 Å². The molecule has 6 nitrogen and oxygen atoms in total. The first kappa shape index (κ1) is 18.5. The molecule has 0 radical (unpaired) electrons. The molecule has 6 heteroatoms. The van der Waals surface area contributed by atoms with Crippen LogP contribution in [0.2, 0.25) is 0 Å². The topological polar surface area (TPSA) is 63.9 Å². The zero-order valence-electron chi connectivity index (χ0n) is 16.3. The van der Waals surface area contributed by atoms with Gasteiger partial charge in [0.2, 0.25) is 5.91 Å². The SMILES string of the molecule is CCn1nccc1-c1cnc(C[C@@H]2CCCN(C(=O)C(C)(C)C)C2)cn1. The lowest BCUT2D eigenvalue weighted by molar-refractivity contribution is -0.141. The van der Waals surface area contributed by atoms with Gasteiger partial charge in [-0.15, -0.1) is 0 Å². The van der Waals surface area contributed by atoms with Crippen LogP contribution in [-0.4, -0.2) is 43.6 Å². The van der Waals surface area contributed by atoms with Crippen LogP contribution in [-0.2, 0) is 17.8 Å². The number of carbonyl (C=O) groups excluding carboxylic acids is 1. The Labute approximate surface area is 155 Å². The van der Waals surface area contributed by atoms with E-state index in [1.165, 1.54) is 0 Å². The van der Waals surface area contributed by atoms with Crippen LogP contribution in [0.5, 0.6) is 0 Å². The molecular formula is C20H29N5O. The largest absolute Gasteiger partial charge is 0.342 e. The second-order valence-electron chi connectivity index (χ2n) is 8.14. The van der Waals surface area contributed by atoms with Crippen molar-refractivity contribution >= 4 is 5.91 Å². The van der Waals surface area contributed by atoms with Crippen LogP contribution in [0.3, 0.4) is 0 Å². The van der Waals surface area contributed by atoms with Gasteiger partial charge in [-0.05, 0) is 38.2 Å². The summed E-state index contributed by atoms with van der Waals surface area (Å²) in [6, 6.07) is 1.96. The Bertz CT molecular complexity index is 744. The van der Waals surface area contributed by atoms with Crippen LogP contribution in [0, 0.1) is 11.3 Å². The van der Waals surface area contributed by atoms with E-state index in [1.54, 1.807) is 6.20 Å². The van der Waals surface area contributed by atoms with Gasteiger partial charge in [0, 0.05) is 37.4 Å². The van der Waals surface area contributed by atoms with Gasteiger partial charge in [-0.1, -0.05) is 20.8 Å². The monoisotopic (exact) mass is 355 g/mol. The molecule has 0 spiro atoms. The number of likely N-dealkylation sites (tertiary alicyclic amines) is 1. The standard InChI is InChI=1S/C20H29N5O/c1-5-25-18(8-9-23-25)17-13-21-16(12-22-17)11-15-7-6-10-24(14-15)19(26)20(2,3)4/h8-9,12-13,15H,5-7,10-11,14H2,1-4H3/t15-/m0/s1. The Morgan fingerprint density at radius 2 is 2.08 bits per heavy atom. The van der Waals surface area contributed by atoms with Gasteiger partial charge in [-0.3, -0.25) is 19.4 Å². The van der Waals surface area contributed by atoms with Crippen LogP contribution in [0.15, 0.2) is 24.7 Å². The maximum absolute atomic E-state index is 12.5. The molecule has 3 rings (SSSR count). The van der Waals surface area contributed by atoms with Crippen molar-refractivity contribution in [2.75, 3.05) is 13.1 Å². The van der Waals surface area contributed by atoms with Gasteiger partial charge in [0.15, 0.2) is 0 Å². The Hall–Kier alpha value is -2.24. The van der Waals surface area contributed by atoms with E-state index >= 15 is 0 Å². The van der Waals surface area contributed by atoms with E-state index in [1.807, 2.05) is 48.8 Å². The molecule has 0 unspecified atom stereocenters. The molecular weight excluding hydrogens is 326 g/mol. The van der Waals surface area contributed by atoms with Crippen molar-refractivity contribution in [1.29, 1.82) is 0 Å². The molecule has 0 bridgehead atoms. The summed E-state index contributed by atoms with van der Waals surface area (Å²) in [6.45, 7) is 10.5. The number of rotatable bonds is 4. The van der Waals surface area contributed by atoms with Crippen molar-refractivity contribution in [3.8, 4) is 11.4 Å². The first-order valence-electron chi connectivity index (χ1n) is 9.51. The fourth-order valence-electron chi connectivity index (χ4n) is 3.58. The lowest BCUT2D eigenvalue weighted by Crippen LogP contribution is -2.45. The summed E-state index contributed by atoms with van der Waals surface area (Å²) in [5.74, 6) is 0.702. The van der Waals surface area contributed by atoms with Gasteiger partial charge < -0.3 is 4.90 Å². The van der Waals surface area contributed by atoms with E-state index in [4.69, 9.17) is 0 Å². The van der Waals surface area contributed by atoms with Gasteiger partial charge in [0.05, 0.1) is 17.6 Å². The van der Waals surface area contributed by atoms with Crippen molar-refractivity contribution < 1.29 is 4.79 Å². The zero-order valence-corrected chi connectivity index (χ0v) is 16.3. The number of aryl methyl sites for hydroxylation is 1. The van der Waals surface area contributed by atoms with E-state index in [9.17, 15) is 4.79 Å². The summed E-state index contributed by atoms with van der Waals surface area (Å²) in [6.07, 6.45) is 8.56. The van der Waals surface area contributed by atoms with Gasteiger partial charge in [0.25, 0.3) is 0 Å². The number of carbonyl (C=O) groups is 1. The summed E-state index contributed by atoms with van der Waals surface area (Å²) in [5, 5.41) is 4.28. The lowest BCUT2D eigenvalue weighted by atomic mass is 9.89. The number of hydrogen-bond acceptors (Lipinski definition) is 4. The molecule has 1 aliphatic heterocycles. The van der Waals surface area contributed by atoms with Crippen molar-refractivity contribution in [3.63, 3.8) is 0 Å². The molecule has 1 saturated heterocycles. The maximum atomic E-state index is 12.5. The highest BCUT2D eigenvalue weighted by Gasteiger charge is 2.31. The van der Waals surface area contributed by atoms with Crippen LogP contribution >= 0.6 is 0 Å². The number of amides is 1. The van der Waals surface area contributed by atoms with E-state index in [-0.39, 0.29) is 11.3 Å². The molecule has 0 aliphatic carbocycles. The molecule has 2 aromatic rings. The molecule has 1 atom stereocenters. The first-order chi connectivity index (χ1) is 12.4. The van der Waals surface area contributed by atoms with Crippen molar-refractivity contribution in [3.05, 3.63) is 30.4 Å². The normalized spacial score (nSPS) is 18.2. The quantitative estimate of drug-likeness (QED) is 0.845. The Balaban J connectivity index is 1.65. The average Bonchev–Trinajstić information content (AvgIpc) is 3.10. The van der Waals surface area contributed by atoms with Crippen molar-refractivity contribution in [1.82, 2.24) is 24.6 Å². The summed E-state index contributed by atoms with van der Waals surface area (Å²) < 4.78 is 1.92. The second kappa shape index (κ2) is 7.56. The zero-order chi connectivity index (χ0) is 18.7. The summed E-state index contributed by atoms with van der Waals surface area (Å²) in [7, 11) is 0. The molecule has 0 aromatic carbocycles. The Morgan fingerprint density at radius 1 is 1.27 bits per heavy atom. The predicted octanol–water partition coefficient (Wildman–Crippen LogP) is 3.19. The molecule has 1 fully saturated rings. The molecule has 1 amide bonds. The van der Waals surface area contributed by atoms with Crippen LogP contribution < -0.4 is 0 Å². The fourth-order valence-corrected chi connectivity index (χ4v) is 3.58. The third-order valence-corrected chi connectivity index (χ3v) is 4.93. The van der Waals surface area contributed by atoms with Gasteiger partial charge in [-0.2, -0.15) is 5.10 Å². The highest BCUT2D eigenvalue weighted by molar-refractivity contribution is 5.81. The third-order valence-electron chi connectivity index (χ3n) is 4.93. The molecule has 0 N–H and O–H groups in total. The third kappa shape index (κ3) is 4.11. The molecule has 2 aromatic heterocycles. The van der Waals surface area contributed by atoms with Crippen molar-refractivity contribution in [2.24, 2.45) is 11.3 Å². The summed E-state index contributed by atoms with van der Waals surface area (Å²) in [5.41, 5.74) is 2.52. The predicted molar refractivity (Wildman–Crippen MR) is 101 cm³/mol. The molecule has 26 heavy (non-hydrogen) atoms. The summed E-state index contributed by atoms with van der Waals surface area (Å²) >= 11 is 0. The average molecular weight is 355 g/mol. The first-order valence-corrected chi connectivity index (χ1v) is 9.51. The Kier molecular flexibility index (Phi) is 5.39. The molecule has 0 saturated carbocycles. The van der Waals surface area contributed by atoms with Gasteiger partial charge in [0.1, 0.15) is 5.69 Å². The minimum atomic E-state index is -0.314. The van der Waals surface area contributed by atoms with E-state index in [2.05, 4.69) is 22.0 Å². The lowest BCUT2D eigenvalue weighted by Gasteiger charge is -2.36. The van der Waals surface area contributed by atoms with Crippen LogP contribution in [0.4, 0.5) is 0 Å². The maximum Gasteiger partial charge on any atom is 0.227 e. The molecule has 1 aliphatic rings. The van der Waals surface area contributed by atoms with E-state index in [0.717, 1.165) is 56.0 Å².